The van der Waals surface area contributed by atoms with E-state index in [0.717, 1.165) is 25.7 Å². The van der Waals surface area contributed by atoms with Crippen LogP contribution in [0.15, 0.2) is 23.1 Å². The zero-order valence-corrected chi connectivity index (χ0v) is 13.6. The summed E-state index contributed by atoms with van der Waals surface area (Å²) >= 11 is 0. The fraction of sp³-hybridized carbons (Fsp3) is 0.533. The maximum atomic E-state index is 12.4. The van der Waals surface area contributed by atoms with Gasteiger partial charge in [0.05, 0.1) is 10.5 Å². The molecule has 0 heterocycles. The summed E-state index contributed by atoms with van der Waals surface area (Å²) in [6, 6.07) is 4.16. The van der Waals surface area contributed by atoms with Gasteiger partial charge in [-0.1, -0.05) is 12.8 Å². The van der Waals surface area contributed by atoms with Gasteiger partial charge >= 0.3 is 5.97 Å². The summed E-state index contributed by atoms with van der Waals surface area (Å²) in [7, 11) is -3.69. The van der Waals surface area contributed by atoms with Crippen molar-refractivity contribution in [3.63, 3.8) is 0 Å². The number of rotatable bonds is 6. The first-order valence-electron chi connectivity index (χ1n) is 7.46. The summed E-state index contributed by atoms with van der Waals surface area (Å²) in [6.45, 7) is 3.77. The molecule has 122 valence electrons. The molecule has 0 unspecified atom stereocenters. The van der Waals surface area contributed by atoms with Crippen molar-refractivity contribution in [2.24, 2.45) is 0 Å². The second kappa shape index (κ2) is 6.66. The van der Waals surface area contributed by atoms with E-state index in [-0.39, 0.29) is 22.5 Å². The minimum atomic E-state index is -3.69. The molecule has 22 heavy (non-hydrogen) atoms. The van der Waals surface area contributed by atoms with Gasteiger partial charge in [0.25, 0.3) is 0 Å². The molecule has 0 amide bonds. The third-order valence-corrected chi connectivity index (χ3v) is 5.17. The number of hydrogen-bond acceptors (Lipinski definition) is 4. The van der Waals surface area contributed by atoms with E-state index >= 15 is 0 Å². The molecule has 0 radical (unpaired) electrons. The molecule has 3 N–H and O–H groups in total. The van der Waals surface area contributed by atoms with E-state index < -0.39 is 16.0 Å². The van der Waals surface area contributed by atoms with Crippen molar-refractivity contribution in [2.75, 3.05) is 5.32 Å². The summed E-state index contributed by atoms with van der Waals surface area (Å²) in [5.41, 5.74) is 0.380. The Labute approximate surface area is 131 Å². The van der Waals surface area contributed by atoms with Gasteiger partial charge in [-0.2, -0.15) is 0 Å². The molecule has 1 saturated carbocycles. The Bertz CT molecular complexity index is 650. The Morgan fingerprint density at radius 1 is 1.27 bits per heavy atom. The standard InChI is InChI=1S/C15H22N2O4S/c1-10(2)16-14-8-7-12(9-13(14)15(18)19)22(20,21)17-11-5-3-4-6-11/h7-11,16-17H,3-6H2,1-2H3,(H,18,19). The second-order valence-corrected chi connectivity index (χ2v) is 7.63. The lowest BCUT2D eigenvalue weighted by Gasteiger charge is -2.16. The highest BCUT2D eigenvalue weighted by atomic mass is 32.2. The Morgan fingerprint density at radius 3 is 2.45 bits per heavy atom. The molecule has 0 saturated heterocycles. The molecular formula is C15H22N2O4S. The van der Waals surface area contributed by atoms with Crippen LogP contribution < -0.4 is 10.0 Å². The molecule has 1 fully saturated rings. The average molecular weight is 326 g/mol. The summed E-state index contributed by atoms with van der Waals surface area (Å²) < 4.78 is 27.4. The van der Waals surface area contributed by atoms with E-state index in [1.54, 1.807) is 0 Å². The number of nitrogens with one attached hydrogen (secondary N) is 2. The predicted octanol–water partition coefficient (Wildman–Crippen LogP) is 2.43. The van der Waals surface area contributed by atoms with Crippen molar-refractivity contribution >= 4 is 21.7 Å². The minimum Gasteiger partial charge on any atom is -0.478 e. The van der Waals surface area contributed by atoms with Gasteiger partial charge in [-0.25, -0.2) is 17.9 Å². The summed E-state index contributed by atoms with van der Waals surface area (Å²) in [5, 5.41) is 12.3. The molecule has 1 aliphatic rings. The Hall–Kier alpha value is -1.60. The molecule has 1 aromatic carbocycles. The van der Waals surface area contributed by atoms with Crippen LogP contribution in [-0.4, -0.2) is 31.6 Å². The van der Waals surface area contributed by atoms with Gasteiger partial charge in [0.2, 0.25) is 10.0 Å². The highest BCUT2D eigenvalue weighted by Crippen LogP contribution is 2.24. The number of sulfonamides is 1. The first-order chi connectivity index (χ1) is 10.3. The van der Waals surface area contributed by atoms with Crippen LogP contribution in [0.5, 0.6) is 0 Å². The van der Waals surface area contributed by atoms with Crippen LogP contribution in [-0.2, 0) is 10.0 Å². The molecule has 1 aliphatic carbocycles. The van der Waals surface area contributed by atoms with E-state index in [1.807, 2.05) is 13.8 Å². The van der Waals surface area contributed by atoms with Crippen molar-refractivity contribution in [1.29, 1.82) is 0 Å². The van der Waals surface area contributed by atoms with Crippen molar-refractivity contribution in [3.8, 4) is 0 Å². The molecule has 0 aromatic heterocycles. The van der Waals surface area contributed by atoms with E-state index in [0.29, 0.717) is 5.69 Å². The van der Waals surface area contributed by atoms with Crippen LogP contribution in [0.2, 0.25) is 0 Å². The van der Waals surface area contributed by atoms with Crippen LogP contribution in [0.3, 0.4) is 0 Å². The van der Waals surface area contributed by atoms with Crippen molar-refractivity contribution in [3.05, 3.63) is 23.8 Å². The van der Waals surface area contributed by atoms with Gasteiger partial charge in [0, 0.05) is 17.8 Å². The largest absolute Gasteiger partial charge is 0.478 e. The number of carbonyl (C=O) groups is 1. The molecule has 6 nitrogen and oxygen atoms in total. The number of carboxylic acid groups (broad SMARTS) is 1. The molecule has 1 aromatic rings. The van der Waals surface area contributed by atoms with Crippen LogP contribution in [0.1, 0.15) is 49.9 Å². The fourth-order valence-corrected chi connectivity index (χ4v) is 3.97. The van der Waals surface area contributed by atoms with Gasteiger partial charge in [-0.3, -0.25) is 0 Å². The van der Waals surface area contributed by atoms with Crippen LogP contribution >= 0.6 is 0 Å². The topological polar surface area (TPSA) is 95.5 Å². The lowest BCUT2D eigenvalue weighted by atomic mass is 10.1. The highest BCUT2D eigenvalue weighted by Gasteiger charge is 2.24. The van der Waals surface area contributed by atoms with Crippen LogP contribution in [0.25, 0.3) is 0 Å². The zero-order valence-electron chi connectivity index (χ0n) is 12.8. The van der Waals surface area contributed by atoms with Gasteiger partial charge < -0.3 is 10.4 Å². The van der Waals surface area contributed by atoms with Crippen LogP contribution in [0, 0.1) is 0 Å². The monoisotopic (exact) mass is 326 g/mol. The van der Waals surface area contributed by atoms with Crippen molar-refractivity contribution in [2.45, 2.75) is 56.5 Å². The smallest absolute Gasteiger partial charge is 0.337 e. The first kappa shape index (κ1) is 16.8. The third-order valence-electron chi connectivity index (χ3n) is 3.65. The van der Waals surface area contributed by atoms with E-state index in [4.69, 9.17) is 0 Å². The molecule has 0 aliphatic heterocycles. The van der Waals surface area contributed by atoms with Crippen LogP contribution in [0.4, 0.5) is 5.69 Å². The number of benzene rings is 1. The first-order valence-corrected chi connectivity index (χ1v) is 8.94. The molecule has 2 rings (SSSR count). The SMILES string of the molecule is CC(C)Nc1ccc(S(=O)(=O)NC2CCCC2)cc1C(=O)O. The van der Waals surface area contributed by atoms with E-state index in [2.05, 4.69) is 10.0 Å². The third kappa shape index (κ3) is 3.98. The average Bonchev–Trinajstić information content (AvgIpc) is 2.90. The number of hydrogen-bond donors (Lipinski definition) is 3. The minimum absolute atomic E-state index is 0.00824. The van der Waals surface area contributed by atoms with Crippen molar-refractivity contribution < 1.29 is 18.3 Å². The van der Waals surface area contributed by atoms with Gasteiger partial charge in [0.15, 0.2) is 0 Å². The summed E-state index contributed by atoms with van der Waals surface area (Å²) in [5.74, 6) is -1.15. The highest BCUT2D eigenvalue weighted by molar-refractivity contribution is 7.89. The van der Waals surface area contributed by atoms with E-state index in [1.165, 1.54) is 18.2 Å². The lowest BCUT2D eigenvalue weighted by Crippen LogP contribution is -2.32. The number of aromatic carboxylic acids is 1. The predicted molar refractivity (Wildman–Crippen MR) is 84.7 cm³/mol. The summed E-state index contributed by atoms with van der Waals surface area (Å²) in [4.78, 5) is 11.4. The van der Waals surface area contributed by atoms with Gasteiger partial charge in [-0.05, 0) is 44.9 Å². The number of anilines is 1. The van der Waals surface area contributed by atoms with E-state index in [9.17, 15) is 18.3 Å². The maximum Gasteiger partial charge on any atom is 0.337 e. The molecule has 0 spiro atoms. The molecule has 0 atom stereocenters. The second-order valence-electron chi connectivity index (χ2n) is 5.91. The lowest BCUT2D eigenvalue weighted by molar-refractivity contribution is 0.0697. The molecule has 7 heteroatoms. The van der Waals surface area contributed by atoms with Crippen molar-refractivity contribution in [1.82, 2.24) is 4.72 Å². The quantitative estimate of drug-likeness (QED) is 0.746. The van der Waals surface area contributed by atoms with Gasteiger partial charge in [-0.15, -0.1) is 0 Å². The summed E-state index contributed by atoms with van der Waals surface area (Å²) in [6.07, 6.45) is 3.70. The Morgan fingerprint density at radius 2 is 1.91 bits per heavy atom. The maximum absolute atomic E-state index is 12.4. The normalized spacial score (nSPS) is 16.1. The van der Waals surface area contributed by atoms with Gasteiger partial charge in [0.1, 0.15) is 0 Å². The Kier molecular flexibility index (Phi) is 5.08. The fourth-order valence-electron chi connectivity index (χ4n) is 2.64. The zero-order chi connectivity index (χ0) is 16.3. The molecule has 0 bridgehead atoms. The molecular weight excluding hydrogens is 304 g/mol. The Balaban J connectivity index is 2.30. The number of carboxylic acids is 1.